The van der Waals surface area contributed by atoms with Crippen molar-refractivity contribution in [3.8, 4) is 0 Å². The number of carbonyl (C=O) groups excluding carboxylic acids is 1. The third kappa shape index (κ3) is 7.40. The van der Waals surface area contributed by atoms with Crippen LogP contribution in [0.2, 0.25) is 0 Å². The van der Waals surface area contributed by atoms with Crippen LogP contribution in [0.3, 0.4) is 0 Å². The summed E-state index contributed by atoms with van der Waals surface area (Å²) in [6, 6.07) is 9.49. The first kappa shape index (κ1) is 19.3. The van der Waals surface area contributed by atoms with Gasteiger partial charge in [-0.1, -0.05) is 32.8 Å². The molecule has 0 fully saturated rings. The van der Waals surface area contributed by atoms with Crippen LogP contribution >= 0.6 is 11.3 Å². The summed E-state index contributed by atoms with van der Waals surface area (Å²) in [7, 11) is -3.70. The van der Waals surface area contributed by atoms with Crippen molar-refractivity contribution in [2.24, 2.45) is 5.14 Å². The Morgan fingerprint density at radius 1 is 1.13 bits per heavy atom. The van der Waals surface area contributed by atoms with E-state index in [9.17, 15) is 13.2 Å². The van der Waals surface area contributed by atoms with Gasteiger partial charge in [0.05, 0.1) is 11.3 Å². The lowest BCUT2D eigenvalue weighted by Crippen LogP contribution is -2.14. The van der Waals surface area contributed by atoms with Gasteiger partial charge in [0.2, 0.25) is 15.9 Å². The molecule has 0 bridgehead atoms. The molecule has 5 nitrogen and oxygen atoms in total. The minimum absolute atomic E-state index is 0.0174. The van der Waals surface area contributed by atoms with Gasteiger partial charge in [-0.15, -0.1) is 11.3 Å². The molecule has 2 rings (SSSR count). The summed E-state index contributed by atoms with van der Waals surface area (Å²) in [4.78, 5) is 12.7. The zero-order valence-corrected chi connectivity index (χ0v) is 14.9. The van der Waals surface area contributed by atoms with Gasteiger partial charge in [-0.25, -0.2) is 13.6 Å². The molecular formula is C16H22N2O3S2. The molecule has 0 radical (unpaired) electrons. The lowest BCUT2D eigenvalue weighted by atomic mass is 10.3. The molecule has 1 heterocycles. The van der Waals surface area contributed by atoms with E-state index in [2.05, 4.69) is 19.2 Å². The number of nitrogens with one attached hydrogen (secondary N) is 1. The molecule has 1 aromatic carbocycles. The average molecular weight is 354 g/mol. The molecule has 126 valence electrons. The van der Waals surface area contributed by atoms with Gasteiger partial charge in [-0.05, 0) is 35.7 Å². The van der Waals surface area contributed by atoms with E-state index in [1.54, 1.807) is 0 Å². The van der Waals surface area contributed by atoms with Crippen molar-refractivity contribution >= 4 is 33.0 Å². The molecule has 0 atom stereocenters. The van der Waals surface area contributed by atoms with Gasteiger partial charge in [0.15, 0.2) is 0 Å². The summed E-state index contributed by atoms with van der Waals surface area (Å²) in [6.45, 7) is 4.36. The number of carbonyl (C=O) groups is 1. The second-order valence-corrected chi connectivity index (χ2v) is 7.47. The fourth-order valence-electron chi connectivity index (χ4n) is 1.50. The van der Waals surface area contributed by atoms with E-state index in [-0.39, 0.29) is 10.8 Å². The molecule has 0 aliphatic carbocycles. The van der Waals surface area contributed by atoms with Crippen molar-refractivity contribution in [2.75, 3.05) is 5.32 Å². The predicted octanol–water partition coefficient (Wildman–Crippen LogP) is 3.38. The zero-order valence-electron chi connectivity index (χ0n) is 13.3. The van der Waals surface area contributed by atoms with Gasteiger partial charge in [-0.3, -0.25) is 4.79 Å². The summed E-state index contributed by atoms with van der Waals surface area (Å²) in [5.41, 5.74) is 0.536. The molecule has 0 aliphatic heterocycles. The summed E-state index contributed by atoms with van der Waals surface area (Å²) < 4.78 is 22.1. The Morgan fingerprint density at radius 2 is 1.74 bits per heavy atom. The van der Waals surface area contributed by atoms with E-state index >= 15 is 0 Å². The fraction of sp³-hybridized carbons (Fsp3) is 0.312. The highest BCUT2D eigenvalue weighted by molar-refractivity contribution is 7.89. The fourth-order valence-corrected chi connectivity index (χ4v) is 2.72. The molecule has 0 unspecified atom stereocenters. The smallest absolute Gasteiger partial charge is 0.238 e. The zero-order chi connectivity index (χ0) is 17.3. The summed E-state index contributed by atoms with van der Waals surface area (Å²) in [6.07, 6.45) is 2.94. The monoisotopic (exact) mass is 354 g/mol. The molecule has 0 saturated heterocycles. The van der Waals surface area contributed by atoms with E-state index in [0.717, 1.165) is 4.88 Å². The number of unbranched alkanes of at least 4 members (excludes halogenated alkanes) is 1. The Kier molecular flexibility index (Phi) is 7.94. The van der Waals surface area contributed by atoms with Crippen LogP contribution in [0, 0.1) is 0 Å². The van der Waals surface area contributed by atoms with Gasteiger partial charge in [-0.2, -0.15) is 0 Å². The number of benzene rings is 1. The maximum atomic E-state index is 11.7. The second-order valence-electron chi connectivity index (χ2n) is 4.87. The van der Waals surface area contributed by atoms with Gasteiger partial charge >= 0.3 is 0 Å². The number of thiophene rings is 1. The van der Waals surface area contributed by atoms with Crippen LogP contribution in [0.4, 0.5) is 5.69 Å². The first-order chi connectivity index (χ1) is 10.9. The number of amides is 1. The number of primary sulfonamides is 1. The topological polar surface area (TPSA) is 89.3 Å². The standard InChI is InChI=1S/C12H12N2O3S2.C4H10/c13-19(16,17)11-5-3-9(4-6-11)14-12(15)8-10-2-1-7-18-10;1-3-4-2/h1-7H,8H2,(H,14,15)(H2,13,16,17);3-4H2,1-2H3. The first-order valence-corrected chi connectivity index (χ1v) is 9.74. The highest BCUT2D eigenvalue weighted by Gasteiger charge is 2.08. The number of nitrogens with two attached hydrogens (primary N) is 1. The van der Waals surface area contributed by atoms with Crippen molar-refractivity contribution in [1.29, 1.82) is 0 Å². The molecule has 3 N–H and O–H groups in total. The van der Waals surface area contributed by atoms with Crippen LogP contribution < -0.4 is 10.5 Å². The van der Waals surface area contributed by atoms with Crippen LogP contribution in [0.1, 0.15) is 31.6 Å². The van der Waals surface area contributed by atoms with Crippen molar-refractivity contribution in [3.63, 3.8) is 0 Å². The van der Waals surface area contributed by atoms with Crippen molar-refractivity contribution < 1.29 is 13.2 Å². The van der Waals surface area contributed by atoms with Crippen LogP contribution in [-0.2, 0) is 21.2 Å². The van der Waals surface area contributed by atoms with Crippen molar-refractivity contribution in [3.05, 3.63) is 46.7 Å². The lowest BCUT2D eigenvalue weighted by Gasteiger charge is -2.05. The van der Waals surface area contributed by atoms with Crippen LogP contribution in [0.5, 0.6) is 0 Å². The second kappa shape index (κ2) is 9.44. The number of hydrogen-bond acceptors (Lipinski definition) is 4. The van der Waals surface area contributed by atoms with Crippen LogP contribution in [0.25, 0.3) is 0 Å². The van der Waals surface area contributed by atoms with Gasteiger partial charge in [0, 0.05) is 10.6 Å². The highest BCUT2D eigenvalue weighted by atomic mass is 32.2. The molecule has 7 heteroatoms. The number of sulfonamides is 1. The third-order valence-corrected chi connectivity index (χ3v) is 4.69. The van der Waals surface area contributed by atoms with E-state index in [1.807, 2.05) is 17.5 Å². The molecular weight excluding hydrogens is 332 g/mol. The third-order valence-electron chi connectivity index (χ3n) is 2.88. The lowest BCUT2D eigenvalue weighted by molar-refractivity contribution is -0.115. The Morgan fingerprint density at radius 3 is 2.17 bits per heavy atom. The van der Waals surface area contributed by atoms with Crippen molar-refractivity contribution in [2.45, 2.75) is 38.0 Å². The minimum Gasteiger partial charge on any atom is -0.326 e. The highest BCUT2D eigenvalue weighted by Crippen LogP contribution is 2.14. The average Bonchev–Trinajstić information content (AvgIpc) is 3.00. The quantitative estimate of drug-likeness (QED) is 0.862. The normalized spacial score (nSPS) is 10.6. The summed E-state index contributed by atoms with van der Waals surface area (Å²) in [5, 5.41) is 9.58. The van der Waals surface area contributed by atoms with E-state index in [4.69, 9.17) is 5.14 Å². The minimum atomic E-state index is -3.70. The SMILES string of the molecule is CCCC.NS(=O)(=O)c1ccc(NC(=O)Cc2cccs2)cc1. The van der Waals surface area contributed by atoms with E-state index in [1.165, 1.54) is 48.4 Å². The summed E-state index contributed by atoms with van der Waals surface area (Å²) >= 11 is 1.51. The van der Waals surface area contributed by atoms with Crippen molar-refractivity contribution in [1.82, 2.24) is 0 Å². The van der Waals surface area contributed by atoms with Gasteiger partial charge < -0.3 is 5.32 Å². The van der Waals surface area contributed by atoms with Gasteiger partial charge in [0.1, 0.15) is 0 Å². The van der Waals surface area contributed by atoms with Crippen LogP contribution in [-0.4, -0.2) is 14.3 Å². The number of hydrogen-bond donors (Lipinski definition) is 2. The largest absolute Gasteiger partial charge is 0.326 e. The molecule has 0 saturated carbocycles. The first-order valence-electron chi connectivity index (χ1n) is 7.32. The number of rotatable bonds is 5. The van der Waals surface area contributed by atoms with Gasteiger partial charge in [0.25, 0.3) is 0 Å². The summed E-state index contributed by atoms with van der Waals surface area (Å²) in [5.74, 6) is -0.147. The molecule has 1 amide bonds. The predicted molar refractivity (Wildman–Crippen MR) is 95.0 cm³/mol. The maximum Gasteiger partial charge on any atom is 0.238 e. The Labute approximate surface area is 141 Å². The molecule has 0 spiro atoms. The Hall–Kier alpha value is -1.70. The number of anilines is 1. The Balaban J connectivity index is 0.000000593. The van der Waals surface area contributed by atoms with E-state index < -0.39 is 10.0 Å². The molecule has 2 aromatic rings. The maximum absolute atomic E-state index is 11.7. The Bertz CT molecular complexity index is 691. The molecule has 1 aromatic heterocycles. The molecule has 0 aliphatic rings. The van der Waals surface area contributed by atoms with E-state index in [0.29, 0.717) is 12.1 Å². The van der Waals surface area contributed by atoms with Crippen LogP contribution in [0.15, 0.2) is 46.7 Å². The molecule has 23 heavy (non-hydrogen) atoms.